The topological polar surface area (TPSA) is 37.4 Å². The summed E-state index contributed by atoms with van der Waals surface area (Å²) >= 11 is 4.41. The van der Waals surface area contributed by atoms with Gasteiger partial charge in [0.1, 0.15) is 3.70 Å². The van der Waals surface area contributed by atoms with Crippen LogP contribution in [0.15, 0.2) is 60.7 Å². The molecule has 1 aliphatic heterocycles. The van der Waals surface area contributed by atoms with Crippen molar-refractivity contribution in [3.05, 3.63) is 72.5 Å². The Labute approximate surface area is 170 Å². The highest BCUT2D eigenvalue weighted by Gasteiger charge is 2.40. The maximum absolute atomic E-state index is 13.3. The normalized spacial score (nSPS) is 18.3. The lowest BCUT2D eigenvalue weighted by atomic mass is 10.0. The van der Waals surface area contributed by atoms with E-state index in [2.05, 4.69) is 45.2 Å². The van der Waals surface area contributed by atoms with Gasteiger partial charge in [-0.1, -0.05) is 42.0 Å². The molecule has 0 spiro atoms. The molecule has 0 N–H and O–H groups in total. The molecule has 0 fully saturated rings. The van der Waals surface area contributed by atoms with E-state index in [0.717, 1.165) is 30.4 Å². The third-order valence-electron chi connectivity index (χ3n) is 4.20. The molecule has 0 bridgehead atoms. The second-order valence-electron chi connectivity index (χ2n) is 5.89. The standard InChI is InChI=1S/C18H17I2NO2S/c1-12-7-9-14(10-8-12)24(22,23)21-17(11-16(19)18(21)20)15-6-4-3-5-13(15)2/h3-10,17H,11H2,1-2H3. The molecule has 24 heavy (non-hydrogen) atoms. The van der Waals surface area contributed by atoms with Crippen LogP contribution in [0.3, 0.4) is 0 Å². The molecule has 0 aliphatic carbocycles. The first-order valence-electron chi connectivity index (χ1n) is 7.53. The molecule has 1 heterocycles. The van der Waals surface area contributed by atoms with Crippen LogP contribution in [0, 0.1) is 13.8 Å². The fourth-order valence-corrected chi connectivity index (χ4v) is 6.61. The van der Waals surface area contributed by atoms with E-state index in [9.17, 15) is 8.42 Å². The Balaban J connectivity index is 2.11. The van der Waals surface area contributed by atoms with Crippen LogP contribution in [0.2, 0.25) is 0 Å². The maximum atomic E-state index is 13.3. The van der Waals surface area contributed by atoms with Crippen LogP contribution < -0.4 is 0 Å². The lowest BCUT2D eigenvalue weighted by molar-refractivity contribution is 0.430. The Hall–Kier alpha value is -0.610. The van der Waals surface area contributed by atoms with Crippen molar-refractivity contribution >= 4 is 55.2 Å². The van der Waals surface area contributed by atoms with Gasteiger partial charge < -0.3 is 0 Å². The third-order valence-corrected chi connectivity index (χ3v) is 9.50. The monoisotopic (exact) mass is 565 g/mol. The van der Waals surface area contributed by atoms with Gasteiger partial charge >= 0.3 is 0 Å². The van der Waals surface area contributed by atoms with Gasteiger partial charge in [-0.15, -0.1) is 0 Å². The molecule has 2 aromatic rings. The molecular weight excluding hydrogens is 548 g/mol. The smallest absolute Gasteiger partial charge is 0.252 e. The number of sulfonamides is 1. The van der Waals surface area contributed by atoms with Crippen LogP contribution in [0.25, 0.3) is 0 Å². The molecule has 1 unspecified atom stereocenters. The minimum Gasteiger partial charge on any atom is -0.252 e. The van der Waals surface area contributed by atoms with Gasteiger partial charge in [-0.25, -0.2) is 8.42 Å². The van der Waals surface area contributed by atoms with Crippen molar-refractivity contribution in [2.24, 2.45) is 0 Å². The summed E-state index contributed by atoms with van der Waals surface area (Å²) in [6.07, 6.45) is 0.717. The molecular formula is C18H17I2NO2S. The Kier molecular flexibility index (Phi) is 5.27. The molecule has 0 amide bonds. The van der Waals surface area contributed by atoms with Crippen molar-refractivity contribution in [2.45, 2.75) is 31.2 Å². The van der Waals surface area contributed by atoms with Crippen molar-refractivity contribution in [3.8, 4) is 0 Å². The summed E-state index contributed by atoms with van der Waals surface area (Å²) < 4.78 is 30.0. The second-order valence-corrected chi connectivity index (χ2v) is 10.0. The van der Waals surface area contributed by atoms with E-state index in [1.54, 1.807) is 16.4 Å². The van der Waals surface area contributed by atoms with Crippen LogP contribution in [0.4, 0.5) is 0 Å². The van der Waals surface area contributed by atoms with Crippen molar-refractivity contribution in [1.29, 1.82) is 0 Å². The lowest BCUT2D eigenvalue weighted by Gasteiger charge is -2.28. The number of nitrogens with zero attached hydrogens (tertiary/aromatic N) is 1. The Morgan fingerprint density at radius 1 is 1.00 bits per heavy atom. The molecule has 3 nitrogen and oxygen atoms in total. The molecule has 0 saturated carbocycles. The Morgan fingerprint density at radius 2 is 1.62 bits per heavy atom. The fraction of sp³-hybridized carbons (Fsp3) is 0.222. The number of halogens is 2. The zero-order valence-corrected chi connectivity index (χ0v) is 18.5. The fourth-order valence-electron chi connectivity index (χ4n) is 2.89. The minimum absolute atomic E-state index is 0.184. The van der Waals surface area contributed by atoms with Crippen LogP contribution in [0.5, 0.6) is 0 Å². The van der Waals surface area contributed by atoms with Gasteiger partial charge in [-0.2, -0.15) is 0 Å². The molecule has 6 heteroatoms. The highest BCUT2D eigenvalue weighted by Crippen LogP contribution is 2.48. The quantitative estimate of drug-likeness (QED) is 0.366. The molecule has 0 radical (unpaired) electrons. The van der Waals surface area contributed by atoms with E-state index in [1.165, 1.54) is 0 Å². The summed E-state index contributed by atoms with van der Waals surface area (Å²) in [5.41, 5.74) is 3.22. The van der Waals surface area contributed by atoms with E-state index in [-0.39, 0.29) is 6.04 Å². The van der Waals surface area contributed by atoms with E-state index in [1.807, 2.05) is 50.2 Å². The van der Waals surface area contributed by atoms with Gasteiger partial charge in [0.2, 0.25) is 0 Å². The number of benzene rings is 2. The van der Waals surface area contributed by atoms with Gasteiger partial charge in [0.15, 0.2) is 0 Å². The predicted octanol–water partition coefficient (Wildman–Crippen LogP) is 5.48. The van der Waals surface area contributed by atoms with Gasteiger partial charge in [-0.05, 0) is 82.3 Å². The van der Waals surface area contributed by atoms with E-state index in [0.29, 0.717) is 4.90 Å². The molecule has 1 aliphatic rings. The average Bonchev–Trinajstić information content (AvgIpc) is 2.84. The average molecular weight is 565 g/mol. The lowest BCUT2D eigenvalue weighted by Crippen LogP contribution is -2.29. The number of rotatable bonds is 3. The van der Waals surface area contributed by atoms with Crippen molar-refractivity contribution in [2.75, 3.05) is 0 Å². The number of aryl methyl sites for hydroxylation is 2. The molecule has 2 aromatic carbocycles. The van der Waals surface area contributed by atoms with Crippen LogP contribution in [-0.2, 0) is 10.0 Å². The first-order valence-corrected chi connectivity index (χ1v) is 11.1. The van der Waals surface area contributed by atoms with Crippen LogP contribution >= 0.6 is 45.2 Å². The highest BCUT2D eigenvalue weighted by atomic mass is 127. The Morgan fingerprint density at radius 3 is 2.25 bits per heavy atom. The number of hydrogen-bond donors (Lipinski definition) is 0. The maximum Gasteiger partial charge on any atom is 0.265 e. The summed E-state index contributed by atoms with van der Waals surface area (Å²) in [6, 6.07) is 14.9. The van der Waals surface area contributed by atoms with Gasteiger partial charge in [0.25, 0.3) is 10.0 Å². The van der Waals surface area contributed by atoms with E-state index >= 15 is 0 Å². The van der Waals surface area contributed by atoms with E-state index in [4.69, 9.17) is 0 Å². The molecule has 0 aromatic heterocycles. The zero-order chi connectivity index (χ0) is 17.5. The van der Waals surface area contributed by atoms with Crippen molar-refractivity contribution in [3.63, 3.8) is 0 Å². The van der Waals surface area contributed by atoms with E-state index < -0.39 is 10.0 Å². The number of hydrogen-bond acceptors (Lipinski definition) is 2. The minimum atomic E-state index is -3.59. The van der Waals surface area contributed by atoms with Crippen molar-refractivity contribution < 1.29 is 8.42 Å². The van der Waals surface area contributed by atoms with Gasteiger partial charge in [0.05, 0.1) is 10.9 Å². The second kappa shape index (κ2) is 6.95. The SMILES string of the molecule is Cc1ccc(S(=O)(=O)N2C(I)=C(I)CC2c2ccccc2C)cc1. The largest absolute Gasteiger partial charge is 0.265 e. The molecule has 1 atom stereocenters. The molecule has 126 valence electrons. The molecule has 3 rings (SSSR count). The van der Waals surface area contributed by atoms with Crippen molar-refractivity contribution in [1.82, 2.24) is 4.31 Å². The summed E-state index contributed by atoms with van der Waals surface area (Å²) in [4.78, 5) is 0.340. The molecule has 0 saturated heterocycles. The van der Waals surface area contributed by atoms with Gasteiger partial charge in [-0.3, -0.25) is 4.31 Å². The zero-order valence-electron chi connectivity index (χ0n) is 13.3. The highest BCUT2D eigenvalue weighted by molar-refractivity contribution is 14.1. The predicted molar refractivity (Wildman–Crippen MR) is 114 cm³/mol. The Bertz CT molecular complexity index is 905. The summed E-state index contributed by atoms with van der Waals surface area (Å²) in [5.74, 6) is 0. The van der Waals surface area contributed by atoms with Crippen LogP contribution in [0.1, 0.15) is 29.2 Å². The first-order chi connectivity index (χ1) is 11.3. The van der Waals surface area contributed by atoms with Crippen LogP contribution in [-0.4, -0.2) is 12.7 Å². The summed E-state index contributed by atoms with van der Waals surface area (Å²) in [5, 5.41) is 0. The van der Waals surface area contributed by atoms with Gasteiger partial charge in [0, 0.05) is 10.0 Å². The summed E-state index contributed by atoms with van der Waals surface area (Å²) in [6.45, 7) is 3.99. The third kappa shape index (κ3) is 3.24. The first kappa shape index (κ1) is 18.2. The summed E-state index contributed by atoms with van der Waals surface area (Å²) in [7, 11) is -3.59.